The Balaban J connectivity index is 1.32. The average molecular weight is 382 g/mol. The van der Waals surface area contributed by atoms with Gasteiger partial charge < -0.3 is 19.4 Å². The third-order valence-corrected chi connectivity index (χ3v) is 6.86. The largest absolute Gasteiger partial charge is 0.369 e. The minimum atomic E-state index is -0.209. The molecule has 0 aromatic carbocycles. The molecule has 5 rings (SSSR count). The summed E-state index contributed by atoms with van der Waals surface area (Å²) in [7, 11) is 0. The van der Waals surface area contributed by atoms with Gasteiger partial charge in [-0.05, 0) is 31.4 Å². The molecular weight excluding hydrogens is 356 g/mol. The minimum Gasteiger partial charge on any atom is -0.369 e. The Morgan fingerprint density at radius 3 is 3.11 bits per heavy atom. The van der Waals surface area contributed by atoms with Gasteiger partial charge >= 0.3 is 0 Å². The monoisotopic (exact) mass is 382 g/mol. The number of hydrogen-bond donors (Lipinski definition) is 1. The summed E-state index contributed by atoms with van der Waals surface area (Å²) in [5, 5.41) is 2.95. The van der Waals surface area contributed by atoms with Gasteiger partial charge in [0.25, 0.3) is 0 Å². The number of likely N-dealkylation sites (tertiary alicyclic amines) is 1. The van der Waals surface area contributed by atoms with Crippen LogP contribution in [0.2, 0.25) is 0 Å². The summed E-state index contributed by atoms with van der Waals surface area (Å²) in [5.41, 5.74) is 2.71. The molecule has 0 aliphatic carbocycles. The maximum atomic E-state index is 13.1. The molecule has 4 atom stereocenters. The second-order valence-corrected chi connectivity index (χ2v) is 8.55. The molecule has 2 aromatic rings. The third-order valence-electron chi connectivity index (χ3n) is 6.86. The molecule has 0 saturated carbocycles. The van der Waals surface area contributed by atoms with E-state index >= 15 is 0 Å². The fourth-order valence-corrected chi connectivity index (χ4v) is 5.51. The van der Waals surface area contributed by atoms with Crippen molar-refractivity contribution in [2.45, 2.75) is 44.8 Å². The van der Waals surface area contributed by atoms with Crippen LogP contribution in [0.4, 0.5) is 0 Å². The lowest BCUT2D eigenvalue weighted by molar-refractivity contribution is -0.131. The number of fused-ring (bicyclic) bond motifs is 2. The number of carbonyl (C=O) groups excluding carboxylic acids is 2. The van der Waals surface area contributed by atoms with Gasteiger partial charge in [-0.1, -0.05) is 6.07 Å². The maximum absolute atomic E-state index is 13.1. The topological polar surface area (TPSA) is 75.9 Å². The average Bonchev–Trinajstić information content (AvgIpc) is 3.39. The van der Waals surface area contributed by atoms with Crippen LogP contribution >= 0.6 is 0 Å². The molecule has 148 valence electrons. The zero-order chi connectivity index (χ0) is 19.5. The number of hydrogen-bond acceptors (Lipinski definition) is 4. The number of amides is 2. The number of pyridine rings is 1. The molecule has 5 heterocycles. The lowest BCUT2D eigenvalue weighted by atomic mass is 9.73. The fraction of sp³-hybridized carbons (Fsp3) is 0.571. The molecule has 1 spiro atoms. The molecule has 2 aromatic heterocycles. The number of aromatic nitrogens is 2. The van der Waals surface area contributed by atoms with Crippen molar-refractivity contribution in [3.63, 3.8) is 0 Å². The number of carbonyl (C=O) groups is 2. The molecule has 2 amide bonds. The van der Waals surface area contributed by atoms with Crippen molar-refractivity contribution in [2.75, 3.05) is 19.6 Å². The van der Waals surface area contributed by atoms with Crippen LogP contribution in [0.1, 0.15) is 31.0 Å². The highest BCUT2D eigenvalue weighted by molar-refractivity contribution is 5.79. The molecule has 7 heteroatoms. The van der Waals surface area contributed by atoms with E-state index in [1.165, 1.54) is 0 Å². The second kappa shape index (κ2) is 6.30. The highest BCUT2D eigenvalue weighted by Gasteiger charge is 2.63. The smallest absolute Gasteiger partial charge is 0.228 e. The molecule has 2 bridgehead atoms. The number of nitrogens with zero attached hydrogens (tertiary/aromatic N) is 3. The van der Waals surface area contributed by atoms with Crippen molar-refractivity contribution in [3.05, 3.63) is 35.8 Å². The molecule has 3 saturated heterocycles. The molecule has 1 N–H and O–H groups in total. The van der Waals surface area contributed by atoms with Gasteiger partial charge in [0.2, 0.25) is 11.8 Å². The summed E-state index contributed by atoms with van der Waals surface area (Å²) < 4.78 is 8.37. The summed E-state index contributed by atoms with van der Waals surface area (Å²) in [6.45, 7) is 5.60. The summed E-state index contributed by atoms with van der Waals surface area (Å²) in [4.78, 5) is 30.9. The standard InChI is InChI=1S/C21H26N4O3/c1-13-4-3-7-25-15(9-23-20(13)25)8-19(27)24-11-17-16(10-22-14(2)26)18-5-6-21(17,12-24)28-18/h3-4,7,9,16-18H,5-6,8,10-12H2,1-2H3,(H,22,26)/t16-,17+,18+,21+/m0/s1. The Morgan fingerprint density at radius 2 is 2.29 bits per heavy atom. The Morgan fingerprint density at radius 1 is 1.43 bits per heavy atom. The molecule has 3 aliphatic heterocycles. The molecule has 3 aliphatic rings. The number of nitrogens with one attached hydrogen (secondary N) is 1. The number of rotatable bonds is 4. The van der Waals surface area contributed by atoms with Gasteiger partial charge in [-0.15, -0.1) is 0 Å². The van der Waals surface area contributed by atoms with Crippen LogP contribution in [0.25, 0.3) is 5.65 Å². The van der Waals surface area contributed by atoms with Gasteiger partial charge in [-0.25, -0.2) is 4.98 Å². The zero-order valence-electron chi connectivity index (χ0n) is 16.4. The quantitative estimate of drug-likeness (QED) is 0.866. The Kier molecular flexibility index (Phi) is 3.98. The Hall–Kier alpha value is -2.41. The normalized spacial score (nSPS) is 30.8. The van der Waals surface area contributed by atoms with E-state index in [1.54, 1.807) is 13.1 Å². The van der Waals surface area contributed by atoms with E-state index in [0.717, 1.165) is 36.3 Å². The maximum Gasteiger partial charge on any atom is 0.228 e. The Labute approximate surface area is 164 Å². The number of imidazole rings is 1. The molecule has 3 fully saturated rings. The predicted molar refractivity (Wildman–Crippen MR) is 103 cm³/mol. The van der Waals surface area contributed by atoms with E-state index in [-0.39, 0.29) is 23.5 Å². The zero-order valence-corrected chi connectivity index (χ0v) is 16.4. The van der Waals surface area contributed by atoms with Crippen LogP contribution in [0.15, 0.2) is 24.5 Å². The predicted octanol–water partition coefficient (Wildman–Crippen LogP) is 1.33. The van der Waals surface area contributed by atoms with Gasteiger partial charge in [-0.3, -0.25) is 9.59 Å². The Bertz CT molecular complexity index is 954. The lowest BCUT2D eigenvalue weighted by Gasteiger charge is -2.29. The van der Waals surface area contributed by atoms with Crippen molar-refractivity contribution in [1.29, 1.82) is 0 Å². The van der Waals surface area contributed by atoms with Crippen molar-refractivity contribution in [2.24, 2.45) is 11.8 Å². The van der Waals surface area contributed by atoms with E-state index in [9.17, 15) is 9.59 Å². The second-order valence-electron chi connectivity index (χ2n) is 8.55. The first-order valence-electron chi connectivity index (χ1n) is 10.1. The summed E-state index contributed by atoms with van der Waals surface area (Å²) in [5.74, 6) is 0.725. The van der Waals surface area contributed by atoms with E-state index in [1.807, 2.05) is 34.6 Å². The van der Waals surface area contributed by atoms with Crippen LogP contribution in [0.3, 0.4) is 0 Å². The molecule has 28 heavy (non-hydrogen) atoms. The fourth-order valence-electron chi connectivity index (χ4n) is 5.51. The summed E-state index contributed by atoms with van der Waals surface area (Å²) >= 11 is 0. The van der Waals surface area contributed by atoms with E-state index < -0.39 is 0 Å². The van der Waals surface area contributed by atoms with Crippen LogP contribution in [-0.2, 0) is 20.7 Å². The molecular formula is C21H26N4O3. The van der Waals surface area contributed by atoms with Crippen molar-refractivity contribution < 1.29 is 14.3 Å². The summed E-state index contributed by atoms with van der Waals surface area (Å²) in [6, 6.07) is 4.01. The van der Waals surface area contributed by atoms with Crippen molar-refractivity contribution in [1.82, 2.24) is 19.6 Å². The highest BCUT2D eigenvalue weighted by atomic mass is 16.5. The first-order valence-corrected chi connectivity index (χ1v) is 10.1. The van der Waals surface area contributed by atoms with E-state index in [4.69, 9.17) is 4.74 Å². The SMILES string of the molecule is CC(=O)NC[C@H]1[C@H]2CN(C(=O)Cc3cnc4c(C)cccn34)C[C@]23CC[C@H]1O3. The van der Waals surface area contributed by atoms with Crippen LogP contribution in [0, 0.1) is 18.8 Å². The van der Waals surface area contributed by atoms with Crippen LogP contribution in [-0.4, -0.2) is 57.4 Å². The first-order chi connectivity index (χ1) is 13.5. The van der Waals surface area contributed by atoms with Crippen LogP contribution in [0.5, 0.6) is 0 Å². The van der Waals surface area contributed by atoms with Gasteiger partial charge in [0, 0.05) is 44.2 Å². The van der Waals surface area contributed by atoms with Crippen molar-refractivity contribution in [3.8, 4) is 0 Å². The van der Waals surface area contributed by atoms with Crippen molar-refractivity contribution >= 4 is 17.5 Å². The lowest BCUT2D eigenvalue weighted by Crippen LogP contribution is -2.41. The minimum absolute atomic E-state index is 0.00865. The number of ether oxygens (including phenoxy) is 1. The van der Waals surface area contributed by atoms with Crippen LogP contribution < -0.4 is 5.32 Å². The van der Waals surface area contributed by atoms with Gasteiger partial charge in [-0.2, -0.15) is 0 Å². The third kappa shape index (κ3) is 2.64. The van der Waals surface area contributed by atoms with Gasteiger partial charge in [0.05, 0.1) is 30.4 Å². The van der Waals surface area contributed by atoms with Gasteiger partial charge in [0.1, 0.15) is 5.65 Å². The molecule has 0 radical (unpaired) electrons. The van der Waals surface area contributed by atoms with E-state index in [0.29, 0.717) is 31.3 Å². The number of aryl methyl sites for hydroxylation is 1. The highest BCUT2D eigenvalue weighted by Crippen LogP contribution is 2.54. The molecule has 0 unspecified atom stereocenters. The molecule has 7 nitrogen and oxygen atoms in total. The summed E-state index contributed by atoms with van der Waals surface area (Å²) in [6.07, 6.45) is 6.36. The first kappa shape index (κ1) is 17.7. The van der Waals surface area contributed by atoms with E-state index in [2.05, 4.69) is 10.3 Å². The van der Waals surface area contributed by atoms with Gasteiger partial charge in [0.15, 0.2) is 0 Å².